The van der Waals surface area contributed by atoms with E-state index >= 15 is 0 Å². The number of benzene rings is 1. The predicted molar refractivity (Wildman–Crippen MR) is 57.5 cm³/mol. The molecule has 0 heterocycles. The number of aldehydes is 1. The molecular formula is C11H11NO3. The molecule has 0 saturated heterocycles. The molecule has 0 unspecified atom stereocenters. The zero-order chi connectivity index (χ0) is 11.3. The topological polar surface area (TPSA) is 60.2 Å². The van der Waals surface area contributed by atoms with Crippen LogP contribution in [0.3, 0.4) is 0 Å². The van der Waals surface area contributed by atoms with Crippen molar-refractivity contribution < 1.29 is 9.72 Å². The minimum absolute atomic E-state index is 0.0701. The van der Waals surface area contributed by atoms with Crippen LogP contribution in [-0.2, 0) is 4.79 Å². The maximum atomic E-state index is 10.6. The van der Waals surface area contributed by atoms with Crippen LogP contribution in [0.15, 0.2) is 24.3 Å². The number of nitro groups is 1. The minimum atomic E-state index is -0.427. The summed E-state index contributed by atoms with van der Waals surface area (Å²) in [5.41, 5.74) is 1.64. The van der Waals surface area contributed by atoms with Gasteiger partial charge in [-0.3, -0.25) is 10.1 Å². The Balaban J connectivity index is 2.98. The van der Waals surface area contributed by atoms with Crippen molar-refractivity contribution in [2.75, 3.05) is 0 Å². The zero-order valence-corrected chi connectivity index (χ0v) is 8.34. The van der Waals surface area contributed by atoms with Crippen molar-refractivity contribution in [2.24, 2.45) is 0 Å². The molecule has 78 valence electrons. The maximum Gasteiger partial charge on any atom is 0.270 e. The lowest BCUT2D eigenvalue weighted by molar-refractivity contribution is -0.384. The second-order valence-corrected chi connectivity index (χ2v) is 3.16. The molecule has 15 heavy (non-hydrogen) atoms. The Hall–Kier alpha value is -1.97. The van der Waals surface area contributed by atoms with Gasteiger partial charge in [-0.2, -0.15) is 0 Å². The molecule has 0 aliphatic heterocycles. The average molecular weight is 205 g/mol. The summed E-state index contributed by atoms with van der Waals surface area (Å²) in [5.74, 6) is 0. The van der Waals surface area contributed by atoms with Gasteiger partial charge in [-0.05, 0) is 18.1 Å². The lowest BCUT2D eigenvalue weighted by Crippen LogP contribution is -1.89. The van der Waals surface area contributed by atoms with E-state index in [2.05, 4.69) is 0 Å². The third-order valence-electron chi connectivity index (χ3n) is 1.84. The van der Waals surface area contributed by atoms with Gasteiger partial charge in [0.15, 0.2) is 0 Å². The molecule has 0 radical (unpaired) electrons. The van der Waals surface area contributed by atoms with Crippen LogP contribution in [0.5, 0.6) is 0 Å². The van der Waals surface area contributed by atoms with Gasteiger partial charge >= 0.3 is 0 Å². The third-order valence-corrected chi connectivity index (χ3v) is 1.84. The summed E-state index contributed by atoms with van der Waals surface area (Å²) in [6, 6.07) is 4.82. The van der Waals surface area contributed by atoms with E-state index in [1.807, 2.05) is 6.07 Å². The molecule has 0 spiro atoms. The number of rotatable bonds is 4. The zero-order valence-electron chi connectivity index (χ0n) is 8.34. The first-order chi connectivity index (χ1) is 7.13. The van der Waals surface area contributed by atoms with E-state index in [-0.39, 0.29) is 5.69 Å². The van der Waals surface area contributed by atoms with E-state index in [4.69, 9.17) is 0 Å². The summed E-state index contributed by atoms with van der Waals surface area (Å²) in [7, 11) is 0. The molecule has 1 aromatic rings. The molecule has 0 fully saturated rings. The number of carbonyl (C=O) groups excluding carboxylic acids is 1. The fourth-order valence-corrected chi connectivity index (χ4v) is 1.25. The molecule has 0 aromatic heterocycles. The summed E-state index contributed by atoms with van der Waals surface area (Å²) in [6.07, 6.45) is 4.47. The quantitative estimate of drug-likeness (QED) is 0.431. The summed E-state index contributed by atoms with van der Waals surface area (Å²) in [6.45, 7) is 1.80. The van der Waals surface area contributed by atoms with Crippen molar-refractivity contribution in [3.05, 3.63) is 45.5 Å². The number of hydrogen-bond donors (Lipinski definition) is 0. The van der Waals surface area contributed by atoms with Crippen molar-refractivity contribution >= 4 is 18.0 Å². The molecule has 0 aliphatic rings. The molecule has 4 nitrogen and oxygen atoms in total. The summed E-state index contributed by atoms with van der Waals surface area (Å²) in [5, 5.41) is 10.6. The van der Waals surface area contributed by atoms with E-state index in [0.29, 0.717) is 6.42 Å². The first-order valence-corrected chi connectivity index (χ1v) is 4.50. The molecule has 4 heteroatoms. The average Bonchev–Trinajstić information content (AvgIpc) is 2.17. The highest BCUT2D eigenvalue weighted by Gasteiger charge is 2.05. The van der Waals surface area contributed by atoms with Gasteiger partial charge in [0.05, 0.1) is 4.92 Å². The second-order valence-electron chi connectivity index (χ2n) is 3.16. The molecule has 1 rings (SSSR count). The van der Waals surface area contributed by atoms with Crippen LogP contribution in [0.25, 0.3) is 6.08 Å². The molecule has 0 atom stereocenters. The number of nitrogens with zero attached hydrogens (tertiary/aromatic N) is 1. The molecular weight excluding hydrogens is 194 g/mol. The molecule has 0 amide bonds. The Morgan fingerprint density at radius 3 is 2.73 bits per heavy atom. The first kappa shape index (κ1) is 11.1. The highest BCUT2D eigenvalue weighted by atomic mass is 16.6. The van der Waals surface area contributed by atoms with Gasteiger partial charge in [-0.25, -0.2) is 0 Å². The van der Waals surface area contributed by atoms with E-state index < -0.39 is 4.92 Å². The van der Waals surface area contributed by atoms with Gasteiger partial charge in [0.1, 0.15) is 6.29 Å². The molecule has 0 saturated carbocycles. The van der Waals surface area contributed by atoms with Crippen molar-refractivity contribution in [1.29, 1.82) is 0 Å². The fraction of sp³-hybridized carbons (Fsp3) is 0.182. The van der Waals surface area contributed by atoms with Crippen molar-refractivity contribution in [3.63, 3.8) is 0 Å². The predicted octanol–water partition coefficient (Wildman–Crippen LogP) is 2.51. The van der Waals surface area contributed by atoms with Crippen molar-refractivity contribution in [3.8, 4) is 0 Å². The minimum Gasteiger partial charge on any atom is -0.303 e. The summed E-state index contributed by atoms with van der Waals surface area (Å²) in [4.78, 5) is 20.2. The standard InChI is InChI=1S/C11H11NO3/c1-9-6-10(4-2-3-5-13)8-11(7-9)12(14)15/h2,4-8H,3H2,1H3. The number of nitro benzene ring substituents is 1. The van der Waals surface area contributed by atoms with Crippen molar-refractivity contribution in [1.82, 2.24) is 0 Å². The van der Waals surface area contributed by atoms with Gasteiger partial charge in [0, 0.05) is 18.6 Å². The summed E-state index contributed by atoms with van der Waals surface area (Å²) < 4.78 is 0. The largest absolute Gasteiger partial charge is 0.303 e. The highest BCUT2D eigenvalue weighted by molar-refractivity contribution is 5.60. The van der Waals surface area contributed by atoms with Crippen LogP contribution in [0.2, 0.25) is 0 Å². The fourth-order valence-electron chi connectivity index (χ4n) is 1.25. The molecule has 0 bridgehead atoms. The smallest absolute Gasteiger partial charge is 0.270 e. The van der Waals surface area contributed by atoms with Gasteiger partial charge < -0.3 is 4.79 Å². The van der Waals surface area contributed by atoms with Crippen LogP contribution in [0.4, 0.5) is 5.69 Å². The van der Waals surface area contributed by atoms with Gasteiger partial charge in [0.2, 0.25) is 0 Å². The normalized spacial score (nSPS) is 10.5. The first-order valence-electron chi connectivity index (χ1n) is 4.50. The third kappa shape index (κ3) is 3.34. The SMILES string of the molecule is Cc1cc(C=CCC=O)cc([N+](=O)[O-])c1. The van der Waals surface area contributed by atoms with Crippen LogP contribution in [0, 0.1) is 17.0 Å². The molecule has 0 aliphatic carbocycles. The Morgan fingerprint density at radius 2 is 2.13 bits per heavy atom. The van der Waals surface area contributed by atoms with Gasteiger partial charge in [0.25, 0.3) is 5.69 Å². The number of aryl methyl sites for hydroxylation is 1. The van der Waals surface area contributed by atoms with Crippen molar-refractivity contribution in [2.45, 2.75) is 13.3 Å². The number of hydrogen-bond acceptors (Lipinski definition) is 3. The second kappa shape index (κ2) is 5.05. The van der Waals surface area contributed by atoms with E-state index in [1.165, 1.54) is 12.1 Å². The van der Waals surface area contributed by atoms with E-state index in [1.54, 1.807) is 19.1 Å². The Labute approximate surface area is 87.4 Å². The van der Waals surface area contributed by atoms with Crippen LogP contribution < -0.4 is 0 Å². The Morgan fingerprint density at radius 1 is 1.40 bits per heavy atom. The lowest BCUT2D eigenvalue weighted by Gasteiger charge is -1.97. The van der Waals surface area contributed by atoms with Gasteiger partial charge in [-0.1, -0.05) is 18.2 Å². The summed E-state index contributed by atoms with van der Waals surface area (Å²) >= 11 is 0. The van der Waals surface area contributed by atoms with Crippen LogP contribution in [0.1, 0.15) is 17.5 Å². The Kier molecular flexibility index (Phi) is 3.74. The number of allylic oxidation sites excluding steroid dienone is 1. The van der Waals surface area contributed by atoms with Gasteiger partial charge in [-0.15, -0.1) is 0 Å². The molecule has 0 N–H and O–H groups in total. The number of carbonyl (C=O) groups is 1. The maximum absolute atomic E-state index is 10.6. The van der Waals surface area contributed by atoms with Crippen LogP contribution >= 0.6 is 0 Å². The number of non-ortho nitro benzene ring substituents is 1. The molecule has 1 aromatic carbocycles. The van der Waals surface area contributed by atoms with Crippen LogP contribution in [-0.4, -0.2) is 11.2 Å². The van der Waals surface area contributed by atoms with E-state index in [9.17, 15) is 14.9 Å². The highest BCUT2D eigenvalue weighted by Crippen LogP contribution is 2.17. The lowest BCUT2D eigenvalue weighted by atomic mass is 10.1. The Bertz CT molecular complexity index is 410. The van der Waals surface area contributed by atoms with E-state index in [0.717, 1.165) is 17.4 Å². The monoisotopic (exact) mass is 205 g/mol.